The number of aryl methyl sites for hydroxylation is 1. The molecule has 1 aliphatic rings. The Balaban J connectivity index is 1.74. The number of rotatable bonds is 5. The average Bonchev–Trinajstić information content (AvgIpc) is 2.73. The van der Waals surface area contributed by atoms with Crippen molar-refractivity contribution in [1.29, 1.82) is 0 Å². The van der Waals surface area contributed by atoms with Crippen LogP contribution in [0, 0.1) is 12.8 Å². The molecule has 1 amide bonds. The van der Waals surface area contributed by atoms with E-state index in [1.165, 1.54) is 12.3 Å². The van der Waals surface area contributed by atoms with Gasteiger partial charge in [0, 0.05) is 24.8 Å². The maximum Gasteiger partial charge on any atom is 0.419 e. The molecule has 1 N–H and O–H groups in total. The van der Waals surface area contributed by atoms with E-state index in [0.717, 1.165) is 17.2 Å². The van der Waals surface area contributed by atoms with Crippen LogP contribution >= 0.6 is 0 Å². The number of benzene rings is 1. The van der Waals surface area contributed by atoms with Crippen molar-refractivity contribution < 1.29 is 22.7 Å². The molecule has 1 saturated heterocycles. The summed E-state index contributed by atoms with van der Waals surface area (Å²) in [6.45, 7) is 4.46. The van der Waals surface area contributed by atoms with E-state index < -0.39 is 17.7 Å². The number of aromatic nitrogens is 1. The molecule has 1 aliphatic heterocycles. The first-order valence-corrected chi connectivity index (χ1v) is 9.92. The van der Waals surface area contributed by atoms with Gasteiger partial charge >= 0.3 is 6.18 Å². The molecule has 2 heterocycles. The third-order valence-corrected chi connectivity index (χ3v) is 5.39. The second-order valence-corrected chi connectivity index (χ2v) is 7.63. The monoisotopic (exact) mass is 421 g/mol. The summed E-state index contributed by atoms with van der Waals surface area (Å²) in [5, 5.41) is 3.00. The number of nitrogens with one attached hydrogen (secondary N) is 1. The SMILES string of the molecule is COc1ccc(C)cc1C(C)NC(=O)C1CCCN(c2ncccc2C(F)(F)F)C1. The van der Waals surface area contributed by atoms with Gasteiger partial charge in [-0.2, -0.15) is 13.2 Å². The second-order valence-electron chi connectivity index (χ2n) is 7.63. The number of hydrogen-bond acceptors (Lipinski definition) is 4. The summed E-state index contributed by atoms with van der Waals surface area (Å²) in [7, 11) is 1.58. The molecule has 5 nitrogen and oxygen atoms in total. The van der Waals surface area contributed by atoms with Crippen LogP contribution in [0.4, 0.5) is 19.0 Å². The molecule has 8 heteroatoms. The van der Waals surface area contributed by atoms with E-state index in [-0.39, 0.29) is 24.3 Å². The molecule has 1 aromatic carbocycles. The first-order valence-electron chi connectivity index (χ1n) is 9.92. The van der Waals surface area contributed by atoms with Crippen molar-refractivity contribution in [3.05, 3.63) is 53.2 Å². The van der Waals surface area contributed by atoms with Gasteiger partial charge in [-0.3, -0.25) is 4.79 Å². The second kappa shape index (κ2) is 8.93. The van der Waals surface area contributed by atoms with Gasteiger partial charge in [-0.1, -0.05) is 17.7 Å². The highest BCUT2D eigenvalue weighted by Crippen LogP contribution is 2.36. The normalized spacial score (nSPS) is 18.1. The summed E-state index contributed by atoms with van der Waals surface area (Å²) in [4.78, 5) is 18.4. The number of methoxy groups -OCH3 is 1. The minimum Gasteiger partial charge on any atom is -0.496 e. The van der Waals surface area contributed by atoms with Crippen LogP contribution in [0.3, 0.4) is 0 Å². The summed E-state index contributed by atoms with van der Waals surface area (Å²) in [6, 6.07) is 7.76. The van der Waals surface area contributed by atoms with Gasteiger partial charge in [0.05, 0.1) is 24.6 Å². The zero-order valence-electron chi connectivity index (χ0n) is 17.3. The lowest BCUT2D eigenvalue weighted by molar-refractivity contribution is -0.137. The molecule has 1 fully saturated rings. The Labute approximate surface area is 174 Å². The van der Waals surface area contributed by atoms with Crippen LogP contribution in [0.25, 0.3) is 0 Å². The zero-order valence-corrected chi connectivity index (χ0v) is 17.3. The van der Waals surface area contributed by atoms with Gasteiger partial charge in [-0.05, 0) is 44.9 Å². The molecule has 2 aromatic rings. The van der Waals surface area contributed by atoms with Gasteiger partial charge in [0.1, 0.15) is 11.6 Å². The van der Waals surface area contributed by atoms with E-state index in [0.29, 0.717) is 25.1 Å². The molecule has 2 unspecified atom stereocenters. The highest BCUT2D eigenvalue weighted by molar-refractivity contribution is 5.80. The van der Waals surface area contributed by atoms with Crippen molar-refractivity contribution in [2.24, 2.45) is 5.92 Å². The van der Waals surface area contributed by atoms with Crippen molar-refractivity contribution in [2.75, 3.05) is 25.1 Å². The quantitative estimate of drug-likeness (QED) is 0.772. The van der Waals surface area contributed by atoms with E-state index in [1.54, 1.807) is 12.0 Å². The molecule has 30 heavy (non-hydrogen) atoms. The highest BCUT2D eigenvalue weighted by Gasteiger charge is 2.37. The summed E-state index contributed by atoms with van der Waals surface area (Å²) in [6.07, 6.45) is -1.91. The molecular weight excluding hydrogens is 395 g/mol. The van der Waals surface area contributed by atoms with Gasteiger partial charge < -0.3 is 15.0 Å². The number of carbonyl (C=O) groups excluding carboxylic acids is 1. The largest absolute Gasteiger partial charge is 0.496 e. The number of halogens is 3. The number of ether oxygens (including phenoxy) is 1. The third-order valence-electron chi connectivity index (χ3n) is 5.39. The smallest absolute Gasteiger partial charge is 0.419 e. The molecule has 0 radical (unpaired) electrons. The van der Waals surface area contributed by atoms with E-state index in [2.05, 4.69) is 10.3 Å². The van der Waals surface area contributed by atoms with Gasteiger partial charge in [0.15, 0.2) is 0 Å². The lowest BCUT2D eigenvalue weighted by Gasteiger charge is -2.34. The van der Waals surface area contributed by atoms with Gasteiger partial charge in [-0.25, -0.2) is 4.98 Å². The number of hydrogen-bond donors (Lipinski definition) is 1. The van der Waals surface area contributed by atoms with Crippen LogP contribution in [0.15, 0.2) is 36.5 Å². The molecule has 0 aliphatic carbocycles. The maximum atomic E-state index is 13.4. The van der Waals surface area contributed by atoms with Crippen LogP contribution in [0.2, 0.25) is 0 Å². The number of carbonyl (C=O) groups is 1. The van der Waals surface area contributed by atoms with Crippen molar-refractivity contribution in [3.63, 3.8) is 0 Å². The molecule has 0 saturated carbocycles. The number of piperidine rings is 1. The summed E-state index contributed by atoms with van der Waals surface area (Å²) in [5.41, 5.74) is 1.14. The topological polar surface area (TPSA) is 54.5 Å². The number of alkyl halides is 3. The van der Waals surface area contributed by atoms with E-state index in [9.17, 15) is 18.0 Å². The number of amides is 1. The Morgan fingerprint density at radius 2 is 2.10 bits per heavy atom. The van der Waals surface area contributed by atoms with Crippen molar-refractivity contribution in [2.45, 2.75) is 38.9 Å². The predicted octanol–water partition coefficient (Wildman–Crippen LogP) is 4.51. The fourth-order valence-corrected chi connectivity index (χ4v) is 3.85. The molecule has 1 aromatic heterocycles. The standard InChI is InChI=1S/C22H26F3N3O2/c1-14-8-9-19(30-3)17(12-14)15(2)27-21(29)16-6-5-11-28(13-16)20-18(22(23,24)25)7-4-10-26-20/h4,7-10,12,15-16H,5-6,11,13H2,1-3H3,(H,27,29). The lowest BCUT2D eigenvalue weighted by atomic mass is 9.95. The van der Waals surface area contributed by atoms with Crippen LogP contribution in [-0.4, -0.2) is 31.1 Å². The van der Waals surface area contributed by atoms with Crippen LogP contribution in [0.1, 0.15) is 42.5 Å². The van der Waals surface area contributed by atoms with E-state index in [1.807, 2.05) is 32.0 Å². The molecule has 0 bridgehead atoms. The Hall–Kier alpha value is -2.77. The van der Waals surface area contributed by atoms with Crippen molar-refractivity contribution in [1.82, 2.24) is 10.3 Å². The Bertz CT molecular complexity index is 901. The van der Waals surface area contributed by atoms with E-state index >= 15 is 0 Å². The van der Waals surface area contributed by atoms with Crippen LogP contribution in [-0.2, 0) is 11.0 Å². The van der Waals surface area contributed by atoms with E-state index in [4.69, 9.17) is 4.74 Å². The average molecular weight is 421 g/mol. The zero-order chi connectivity index (χ0) is 21.9. The van der Waals surface area contributed by atoms with Crippen molar-refractivity contribution in [3.8, 4) is 5.75 Å². The molecule has 0 spiro atoms. The highest BCUT2D eigenvalue weighted by atomic mass is 19.4. The van der Waals surface area contributed by atoms with Crippen LogP contribution < -0.4 is 15.0 Å². The van der Waals surface area contributed by atoms with Crippen LogP contribution in [0.5, 0.6) is 5.75 Å². The molecule has 162 valence electrons. The molecule has 2 atom stereocenters. The Kier molecular flexibility index (Phi) is 6.53. The minimum atomic E-state index is -4.49. The maximum absolute atomic E-state index is 13.4. The summed E-state index contributed by atoms with van der Waals surface area (Å²) >= 11 is 0. The van der Waals surface area contributed by atoms with Gasteiger partial charge in [-0.15, -0.1) is 0 Å². The Morgan fingerprint density at radius 1 is 1.33 bits per heavy atom. The molecular formula is C22H26F3N3O2. The van der Waals surface area contributed by atoms with Gasteiger partial charge in [0.25, 0.3) is 0 Å². The van der Waals surface area contributed by atoms with Crippen molar-refractivity contribution >= 4 is 11.7 Å². The lowest BCUT2D eigenvalue weighted by Crippen LogP contribution is -2.44. The summed E-state index contributed by atoms with van der Waals surface area (Å²) < 4.78 is 45.5. The number of nitrogens with zero attached hydrogens (tertiary/aromatic N) is 2. The third kappa shape index (κ3) is 4.86. The summed E-state index contributed by atoms with van der Waals surface area (Å²) in [5.74, 6) is -0.0294. The first kappa shape index (κ1) is 21.9. The predicted molar refractivity (Wildman–Crippen MR) is 108 cm³/mol. The first-order chi connectivity index (χ1) is 14.2. The fraction of sp³-hybridized carbons (Fsp3) is 0.455. The fourth-order valence-electron chi connectivity index (χ4n) is 3.85. The molecule has 3 rings (SSSR count). The minimum absolute atomic E-state index is 0.115. The number of anilines is 1. The number of pyridine rings is 1. The van der Waals surface area contributed by atoms with Gasteiger partial charge in [0.2, 0.25) is 5.91 Å². The Morgan fingerprint density at radius 3 is 2.80 bits per heavy atom.